The number of nitrogens with one attached hydrogen (secondary N) is 2. The van der Waals surface area contributed by atoms with E-state index in [1.54, 1.807) is 43.3 Å². The van der Waals surface area contributed by atoms with E-state index in [0.29, 0.717) is 29.4 Å². The molecule has 2 aromatic rings. The van der Waals surface area contributed by atoms with Gasteiger partial charge in [-0.25, -0.2) is 5.43 Å². The number of methoxy groups -OCH3 is 1. The molecule has 0 aromatic heterocycles. The van der Waals surface area contributed by atoms with Gasteiger partial charge in [0, 0.05) is 11.8 Å². The number of hydrazone groups is 1. The highest BCUT2D eigenvalue weighted by molar-refractivity contribution is 6.03. The topological polar surface area (TPSA) is 109 Å². The van der Waals surface area contributed by atoms with Crippen LogP contribution in [0.2, 0.25) is 0 Å². The van der Waals surface area contributed by atoms with Crippen molar-refractivity contribution in [2.24, 2.45) is 5.10 Å². The van der Waals surface area contributed by atoms with Crippen LogP contribution in [0.15, 0.2) is 47.6 Å². The maximum atomic E-state index is 11.9. The van der Waals surface area contributed by atoms with Crippen molar-refractivity contribution in [2.75, 3.05) is 19.0 Å². The molecule has 0 unspecified atom stereocenters. The summed E-state index contributed by atoms with van der Waals surface area (Å²) in [5, 5.41) is 16.0. The summed E-state index contributed by atoms with van der Waals surface area (Å²) in [6, 6.07) is 11.5. The normalized spacial score (nSPS) is 10.4. The standard InChI is InChI=1S/C19H21N3O5/c1-3-27-17-9-13(7-8-16(17)23)12-20-22-19(25)11-18(24)21-14-5-4-6-15(10-14)26-2/h4-10,12,23H,3,11H2,1-2H3,(H,21,24)(H,22,25)/b20-12+. The summed E-state index contributed by atoms with van der Waals surface area (Å²) >= 11 is 0. The van der Waals surface area contributed by atoms with Crippen molar-refractivity contribution in [3.8, 4) is 17.2 Å². The fourth-order valence-electron chi connectivity index (χ4n) is 2.15. The number of carbonyl (C=O) groups excluding carboxylic acids is 2. The van der Waals surface area contributed by atoms with Gasteiger partial charge in [-0.1, -0.05) is 6.07 Å². The first-order chi connectivity index (χ1) is 13.0. The minimum Gasteiger partial charge on any atom is -0.504 e. The molecule has 0 bridgehead atoms. The summed E-state index contributed by atoms with van der Waals surface area (Å²) in [6.07, 6.45) is 1.01. The number of aromatic hydroxyl groups is 1. The number of benzene rings is 2. The second-order valence-corrected chi connectivity index (χ2v) is 5.41. The number of ether oxygens (including phenoxy) is 2. The minimum atomic E-state index is -0.560. The van der Waals surface area contributed by atoms with Crippen LogP contribution in [-0.4, -0.2) is 36.9 Å². The lowest BCUT2D eigenvalue weighted by molar-refractivity contribution is -0.126. The molecule has 0 saturated heterocycles. The lowest BCUT2D eigenvalue weighted by Gasteiger charge is -2.07. The van der Waals surface area contributed by atoms with Crippen LogP contribution in [0.4, 0.5) is 5.69 Å². The van der Waals surface area contributed by atoms with E-state index in [1.807, 2.05) is 0 Å². The molecular formula is C19H21N3O5. The van der Waals surface area contributed by atoms with E-state index in [4.69, 9.17) is 9.47 Å². The highest BCUT2D eigenvalue weighted by Crippen LogP contribution is 2.26. The van der Waals surface area contributed by atoms with Gasteiger partial charge in [-0.2, -0.15) is 5.10 Å². The molecule has 142 valence electrons. The van der Waals surface area contributed by atoms with Gasteiger partial charge in [-0.3, -0.25) is 9.59 Å². The van der Waals surface area contributed by atoms with E-state index in [9.17, 15) is 14.7 Å². The van der Waals surface area contributed by atoms with Gasteiger partial charge in [0.25, 0.3) is 0 Å². The van der Waals surface area contributed by atoms with Crippen molar-refractivity contribution in [1.82, 2.24) is 5.43 Å². The lowest BCUT2D eigenvalue weighted by Crippen LogP contribution is -2.24. The molecule has 2 rings (SSSR count). The Balaban J connectivity index is 1.85. The first-order valence-corrected chi connectivity index (χ1v) is 8.23. The highest BCUT2D eigenvalue weighted by atomic mass is 16.5. The van der Waals surface area contributed by atoms with Gasteiger partial charge in [-0.15, -0.1) is 0 Å². The fourth-order valence-corrected chi connectivity index (χ4v) is 2.15. The molecular weight excluding hydrogens is 350 g/mol. The number of phenols is 1. The van der Waals surface area contributed by atoms with Crippen molar-refractivity contribution < 1.29 is 24.2 Å². The monoisotopic (exact) mass is 371 g/mol. The molecule has 2 amide bonds. The molecule has 0 aliphatic carbocycles. The summed E-state index contributed by atoms with van der Waals surface area (Å²) in [7, 11) is 1.53. The maximum absolute atomic E-state index is 11.9. The largest absolute Gasteiger partial charge is 0.504 e. The summed E-state index contributed by atoms with van der Waals surface area (Å²) in [6.45, 7) is 2.21. The quantitative estimate of drug-likeness (QED) is 0.375. The summed E-state index contributed by atoms with van der Waals surface area (Å²) in [4.78, 5) is 23.7. The summed E-state index contributed by atoms with van der Waals surface area (Å²) in [5.74, 6) is -0.0884. The molecule has 0 aliphatic rings. The molecule has 0 heterocycles. The van der Waals surface area contributed by atoms with Crippen molar-refractivity contribution in [2.45, 2.75) is 13.3 Å². The molecule has 0 aliphatic heterocycles. The Kier molecular flexibility index (Phi) is 7.18. The second-order valence-electron chi connectivity index (χ2n) is 5.41. The predicted octanol–water partition coefficient (Wildman–Crippen LogP) is 2.28. The van der Waals surface area contributed by atoms with E-state index in [-0.39, 0.29) is 12.2 Å². The van der Waals surface area contributed by atoms with Crippen LogP contribution in [0, 0.1) is 0 Å². The molecule has 0 atom stereocenters. The molecule has 27 heavy (non-hydrogen) atoms. The van der Waals surface area contributed by atoms with E-state index in [2.05, 4.69) is 15.8 Å². The van der Waals surface area contributed by atoms with Crippen LogP contribution in [0.5, 0.6) is 17.2 Å². The first kappa shape index (κ1) is 19.8. The number of anilines is 1. The number of nitrogens with zero attached hydrogens (tertiary/aromatic N) is 1. The first-order valence-electron chi connectivity index (χ1n) is 8.23. The van der Waals surface area contributed by atoms with Gasteiger partial charge in [0.05, 0.1) is 19.9 Å². The van der Waals surface area contributed by atoms with Crippen LogP contribution < -0.4 is 20.2 Å². The molecule has 2 aromatic carbocycles. The number of phenolic OH excluding ortho intramolecular Hbond substituents is 1. The van der Waals surface area contributed by atoms with Gasteiger partial charge >= 0.3 is 0 Å². The van der Waals surface area contributed by atoms with E-state index < -0.39 is 11.8 Å². The molecule has 0 spiro atoms. The Labute approximate surface area is 156 Å². The highest BCUT2D eigenvalue weighted by Gasteiger charge is 2.09. The van der Waals surface area contributed by atoms with E-state index in [0.717, 1.165) is 0 Å². The molecule has 8 nitrogen and oxygen atoms in total. The molecule has 0 radical (unpaired) electrons. The number of hydrogen-bond donors (Lipinski definition) is 3. The number of hydrogen-bond acceptors (Lipinski definition) is 6. The smallest absolute Gasteiger partial charge is 0.249 e. The van der Waals surface area contributed by atoms with Gasteiger partial charge < -0.3 is 19.9 Å². The molecule has 8 heteroatoms. The van der Waals surface area contributed by atoms with Crippen LogP contribution in [0.25, 0.3) is 0 Å². The van der Waals surface area contributed by atoms with E-state index >= 15 is 0 Å². The van der Waals surface area contributed by atoms with Gasteiger partial charge in [0.2, 0.25) is 11.8 Å². The van der Waals surface area contributed by atoms with Crippen molar-refractivity contribution in [3.05, 3.63) is 48.0 Å². The Bertz CT molecular complexity index is 836. The molecule has 0 fully saturated rings. The number of rotatable bonds is 8. The SMILES string of the molecule is CCOc1cc(/C=N/NC(=O)CC(=O)Nc2cccc(OC)c2)ccc1O. The minimum absolute atomic E-state index is 0.0206. The average Bonchev–Trinajstić information content (AvgIpc) is 2.64. The molecule has 0 saturated carbocycles. The van der Waals surface area contributed by atoms with Crippen molar-refractivity contribution in [1.29, 1.82) is 0 Å². The third kappa shape index (κ3) is 6.35. The van der Waals surface area contributed by atoms with Gasteiger partial charge in [0.1, 0.15) is 12.2 Å². The average molecular weight is 371 g/mol. The van der Waals surface area contributed by atoms with Gasteiger partial charge in [0.15, 0.2) is 11.5 Å². The summed E-state index contributed by atoms with van der Waals surface area (Å²) < 4.78 is 10.3. The second kappa shape index (κ2) is 9.81. The maximum Gasteiger partial charge on any atom is 0.249 e. The lowest BCUT2D eigenvalue weighted by atomic mass is 10.2. The van der Waals surface area contributed by atoms with Crippen molar-refractivity contribution in [3.63, 3.8) is 0 Å². The third-order valence-corrected chi connectivity index (χ3v) is 3.36. The fraction of sp³-hybridized carbons (Fsp3) is 0.211. The Morgan fingerprint density at radius 1 is 1.19 bits per heavy atom. The van der Waals surface area contributed by atoms with Crippen LogP contribution in [0.1, 0.15) is 18.9 Å². The number of carbonyl (C=O) groups is 2. The number of amides is 2. The zero-order valence-electron chi connectivity index (χ0n) is 15.1. The predicted molar refractivity (Wildman–Crippen MR) is 101 cm³/mol. The Morgan fingerprint density at radius 2 is 2.00 bits per heavy atom. The summed E-state index contributed by atoms with van der Waals surface area (Å²) in [5.41, 5.74) is 3.43. The Morgan fingerprint density at radius 3 is 2.74 bits per heavy atom. The molecule has 3 N–H and O–H groups in total. The van der Waals surface area contributed by atoms with Crippen LogP contribution in [-0.2, 0) is 9.59 Å². The zero-order chi connectivity index (χ0) is 19.6. The van der Waals surface area contributed by atoms with E-state index in [1.165, 1.54) is 19.4 Å². The van der Waals surface area contributed by atoms with Crippen LogP contribution in [0.3, 0.4) is 0 Å². The zero-order valence-corrected chi connectivity index (χ0v) is 15.1. The third-order valence-electron chi connectivity index (χ3n) is 3.36. The van der Waals surface area contributed by atoms with Crippen molar-refractivity contribution >= 4 is 23.7 Å². The Hall–Kier alpha value is -3.55. The van der Waals surface area contributed by atoms with Crippen LogP contribution >= 0.6 is 0 Å². The van der Waals surface area contributed by atoms with Gasteiger partial charge in [-0.05, 0) is 42.8 Å².